The summed E-state index contributed by atoms with van der Waals surface area (Å²) in [6.07, 6.45) is 0.904. The smallest absolute Gasteiger partial charge is 0.352 e. The normalized spacial score (nSPS) is 22.2. The van der Waals surface area contributed by atoms with Gasteiger partial charge in [0.2, 0.25) is 0 Å². The van der Waals surface area contributed by atoms with Gasteiger partial charge in [0.1, 0.15) is 12.3 Å². The molecule has 1 saturated carbocycles. The van der Waals surface area contributed by atoms with Crippen LogP contribution in [0.3, 0.4) is 0 Å². The summed E-state index contributed by atoms with van der Waals surface area (Å²) in [5, 5.41) is 0. The summed E-state index contributed by atoms with van der Waals surface area (Å²) in [5.74, 6) is 1.15. The van der Waals surface area contributed by atoms with E-state index in [0.29, 0.717) is 12.3 Å². The van der Waals surface area contributed by atoms with Gasteiger partial charge in [-0.25, -0.2) is 23.5 Å². The molecule has 3 unspecified atom stereocenters. The maximum absolute atomic E-state index is 13.8. The van der Waals surface area contributed by atoms with Crippen molar-refractivity contribution < 1.29 is 4.74 Å². The molecule has 0 N–H and O–H groups in total. The molecule has 2 aromatic carbocycles. The molecule has 172 valence electrons. The molecule has 0 bridgehead atoms. The van der Waals surface area contributed by atoms with Gasteiger partial charge in [0.05, 0.1) is 18.3 Å². The zero-order valence-electron chi connectivity index (χ0n) is 19.7. The minimum atomic E-state index is -0.321. The molecule has 1 aromatic heterocycles. The monoisotopic (exact) mass is 445 g/mol. The van der Waals surface area contributed by atoms with Crippen LogP contribution >= 0.6 is 0 Å². The summed E-state index contributed by atoms with van der Waals surface area (Å²) in [5.41, 5.74) is 2.29. The summed E-state index contributed by atoms with van der Waals surface area (Å²) in [6, 6.07) is 19.4. The van der Waals surface area contributed by atoms with Gasteiger partial charge in [-0.15, -0.1) is 0 Å². The van der Waals surface area contributed by atoms with Gasteiger partial charge < -0.3 is 4.74 Å². The Bertz CT molecular complexity index is 1310. The van der Waals surface area contributed by atoms with Gasteiger partial charge in [-0.1, -0.05) is 69.3 Å². The average Bonchev–Trinajstić information content (AvgIpc) is 3.32. The summed E-state index contributed by atoms with van der Waals surface area (Å²) >= 11 is 0. The first kappa shape index (κ1) is 21.6. The van der Waals surface area contributed by atoms with Crippen LogP contribution < -0.4 is 11.4 Å². The van der Waals surface area contributed by atoms with E-state index >= 15 is 0 Å². The van der Waals surface area contributed by atoms with Crippen molar-refractivity contribution in [2.24, 2.45) is 11.3 Å². The molecule has 1 aliphatic carbocycles. The first-order valence-electron chi connectivity index (χ1n) is 11.7. The Morgan fingerprint density at radius 2 is 1.58 bits per heavy atom. The third-order valence-electron chi connectivity index (χ3n) is 7.15. The number of para-hydroxylation sites is 1. The third-order valence-corrected chi connectivity index (χ3v) is 7.15. The summed E-state index contributed by atoms with van der Waals surface area (Å²) in [7, 11) is 0. The number of fused-ring (bicyclic) bond motifs is 3. The molecular weight excluding hydrogens is 414 g/mol. The molecule has 0 saturated heterocycles. The second-order valence-electron chi connectivity index (χ2n) is 10.1. The van der Waals surface area contributed by atoms with Crippen molar-refractivity contribution in [3.05, 3.63) is 98.5 Å². The standard InChI is InChI=1S/C27H31N3O3/c1-5-33-22-17-28-25(31)29(19-14-10-7-11-15-19)26(32)30(28)24-21(27(2,3)4)16-20(23(22)24)18-12-8-6-9-13-18/h6-15,20-21,24H,5,16-17H2,1-4H3. The zero-order valence-corrected chi connectivity index (χ0v) is 19.7. The molecule has 1 fully saturated rings. The lowest BCUT2D eigenvalue weighted by molar-refractivity contribution is 0.143. The van der Waals surface area contributed by atoms with Crippen LogP contribution in [0.1, 0.15) is 51.6 Å². The fraction of sp³-hybridized carbons (Fsp3) is 0.407. The Morgan fingerprint density at radius 1 is 0.939 bits per heavy atom. The van der Waals surface area contributed by atoms with Crippen molar-refractivity contribution in [1.29, 1.82) is 0 Å². The highest BCUT2D eigenvalue weighted by Gasteiger charge is 2.51. The molecule has 2 aliphatic rings. The van der Waals surface area contributed by atoms with Gasteiger partial charge in [-0.05, 0) is 42.4 Å². The van der Waals surface area contributed by atoms with E-state index in [9.17, 15) is 9.59 Å². The molecule has 5 rings (SSSR count). The highest BCUT2D eigenvalue weighted by molar-refractivity contribution is 5.39. The van der Waals surface area contributed by atoms with Crippen molar-refractivity contribution in [2.75, 3.05) is 6.61 Å². The van der Waals surface area contributed by atoms with Crippen LogP contribution in [-0.2, 0) is 11.3 Å². The Kier molecular flexibility index (Phi) is 5.19. The Labute approximate surface area is 193 Å². The van der Waals surface area contributed by atoms with Crippen LogP contribution in [-0.4, -0.2) is 20.5 Å². The summed E-state index contributed by atoms with van der Waals surface area (Å²) in [4.78, 5) is 27.3. The van der Waals surface area contributed by atoms with E-state index in [4.69, 9.17) is 4.74 Å². The number of hydrogen-bond donors (Lipinski definition) is 0. The number of ether oxygens (including phenoxy) is 1. The number of nitrogens with zero attached hydrogens (tertiary/aromatic N) is 3. The van der Waals surface area contributed by atoms with Gasteiger partial charge in [0.15, 0.2) is 0 Å². The fourth-order valence-electron chi connectivity index (χ4n) is 5.66. The predicted octanol–water partition coefficient (Wildman–Crippen LogP) is 4.50. The number of rotatable bonds is 4. The van der Waals surface area contributed by atoms with E-state index in [1.54, 1.807) is 21.5 Å². The van der Waals surface area contributed by atoms with E-state index in [1.807, 2.05) is 31.2 Å². The van der Waals surface area contributed by atoms with Crippen molar-refractivity contribution in [3.63, 3.8) is 0 Å². The lowest BCUT2D eigenvalue weighted by Crippen LogP contribution is -2.40. The Morgan fingerprint density at radius 3 is 2.18 bits per heavy atom. The van der Waals surface area contributed by atoms with Crippen LogP contribution in [0.25, 0.3) is 5.69 Å². The lowest BCUT2D eigenvalue weighted by atomic mass is 9.77. The van der Waals surface area contributed by atoms with Gasteiger partial charge in [0.25, 0.3) is 0 Å². The van der Waals surface area contributed by atoms with Crippen molar-refractivity contribution in [1.82, 2.24) is 13.9 Å². The molecular formula is C27H31N3O3. The Hall–Kier alpha value is -3.28. The van der Waals surface area contributed by atoms with Gasteiger partial charge in [0, 0.05) is 11.5 Å². The van der Waals surface area contributed by atoms with Crippen LogP contribution in [0.15, 0.2) is 81.6 Å². The third kappa shape index (κ3) is 3.39. The molecule has 6 heteroatoms. The molecule has 2 heterocycles. The van der Waals surface area contributed by atoms with Crippen molar-refractivity contribution in [2.45, 2.75) is 52.6 Å². The second kappa shape index (κ2) is 7.94. The largest absolute Gasteiger partial charge is 0.496 e. The van der Waals surface area contributed by atoms with Crippen LogP contribution in [0.5, 0.6) is 0 Å². The summed E-state index contributed by atoms with van der Waals surface area (Å²) in [6.45, 7) is 9.42. The number of allylic oxidation sites excluding steroid dienone is 2. The van der Waals surface area contributed by atoms with E-state index in [1.165, 1.54) is 10.1 Å². The van der Waals surface area contributed by atoms with Crippen LogP contribution in [0.4, 0.5) is 0 Å². The van der Waals surface area contributed by atoms with Gasteiger partial charge in [-0.3, -0.25) is 0 Å². The maximum Gasteiger partial charge on any atom is 0.352 e. The topological polar surface area (TPSA) is 58.2 Å². The molecule has 0 amide bonds. The maximum atomic E-state index is 13.8. The SMILES string of the molecule is CCOC1=C2C(c3ccccc3)CC(C(C)(C)C)C2n2c(=O)n(-c3ccccc3)c(=O)n2C1. The molecule has 3 atom stereocenters. The highest BCUT2D eigenvalue weighted by Crippen LogP contribution is 2.57. The quantitative estimate of drug-likeness (QED) is 0.594. The molecule has 6 nitrogen and oxygen atoms in total. The first-order valence-corrected chi connectivity index (χ1v) is 11.7. The van der Waals surface area contributed by atoms with Crippen molar-refractivity contribution >= 4 is 0 Å². The highest BCUT2D eigenvalue weighted by atomic mass is 16.5. The molecule has 3 aromatic rings. The van der Waals surface area contributed by atoms with Gasteiger partial charge >= 0.3 is 11.4 Å². The van der Waals surface area contributed by atoms with E-state index in [2.05, 4.69) is 45.0 Å². The number of benzene rings is 2. The fourth-order valence-corrected chi connectivity index (χ4v) is 5.66. The molecule has 0 radical (unpaired) electrons. The average molecular weight is 446 g/mol. The predicted molar refractivity (Wildman–Crippen MR) is 129 cm³/mol. The van der Waals surface area contributed by atoms with Crippen LogP contribution in [0.2, 0.25) is 0 Å². The van der Waals surface area contributed by atoms with Crippen LogP contribution in [0, 0.1) is 11.3 Å². The number of hydrogen-bond acceptors (Lipinski definition) is 3. The van der Waals surface area contributed by atoms with Crippen molar-refractivity contribution in [3.8, 4) is 5.69 Å². The molecule has 1 aliphatic heterocycles. The molecule has 0 spiro atoms. The van der Waals surface area contributed by atoms with Gasteiger partial charge in [-0.2, -0.15) is 0 Å². The second-order valence-corrected chi connectivity index (χ2v) is 10.1. The number of aromatic nitrogens is 3. The van der Waals surface area contributed by atoms with E-state index in [-0.39, 0.29) is 41.2 Å². The molecule has 33 heavy (non-hydrogen) atoms. The Balaban J connectivity index is 1.77. The minimum absolute atomic E-state index is 0.0662. The van der Waals surface area contributed by atoms with E-state index in [0.717, 1.165) is 17.8 Å². The van der Waals surface area contributed by atoms with E-state index < -0.39 is 0 Å². The summed E-state index contributed by atoms with van der Waals surface area (Å²) < 4.78 is 10.8. The first-order chi connectivity index (χ1) is 15.8. The zero-order chi connectivity index (χ0) is 23.3. The minimum Gasteiger partial charge on any atom is -0.496 e. The lowest BCUT2D eigenvalue weighted by Gasteiger charge is -2.36.